The van der Waals surface area contributed by atoms with Gasteiger partial charge in [-0.05, 0) is 30.3 Å². The zero-order valence-electron chi connectivity index (χ0n) is 12.9. The Balaban J connectivity index is 1.99. The van der Waals surface area contributed by atoms with E-state index in [0.717, 1.165) is 24.3 Å². The van der Waals surface area contributed by atoms with Crippen molar-refractivity contribution in [3.63, 3.8) is 0 Å². The number of aliphatic imine (C=N–C) groups is 1. The molecule has 0 unspecified atom stereocenters. The second-order valence-electron chi connectivity index (χ2n) is 5.23. The Morgan fingerprint density at radius 1 is 1.12 bits per heavy atom. The van der Waals surface area contributed by atoms with Crippen molar-refractivity contribution in [3.8, 4) is 0 Å². The summed E-state index contributed by atoms with van der Waals surface area (Å²) in [7, 11) is 0. The molecule has 0 aliphatic carbocycles. The number of nitrogens with zero attached hydrogens (tertiary/aromatic N) is 2. The SMILES string of the molecule is O=C1OC(c2cccc(C(F)(F)F)c2)=NC1=Cc1ccccc1[N+](=O)[O-]. The molecular weight excluding hydrogens is 353 g/mol. The molecule has 1 heterocycles. The van der Waals surface area contributed by atoms with Gasteiger partial charge in [0.25, 0.3) is 5.69 Å². The van der Waals surface area contributed by atoms with Crippen LogP contribution in [0.3, 0.4) is 0 Å². The molecule has 0 N–H and O–H groups in total. The number of nitro benzene ring substituents is 1. The van der Waals surface area contributed by atoms with Crippen LogP contribution in [0.25, 0.3) is 6.08 Å². The van der Waals surface area contributed by atoms with Gasteiger partial charge in [-0.15, -0.1) is 0 Å². The molecule has 2 aromatic carbocycles. The predicted molar refractivity (Wildman–Crippen MR) is 85.1 cm³/mol. The number of halogens is 3. The van der Waals surface area contributed by atoms with Gasteiger partial charge in [-0.1, -0.05) is 18.2 Å². The number of nitro groups is 1. The Bertz CT molecular complexity index is 964. The minimum Gasteiger partial charge on any atom is -0.402 e. The maximum Gasteiger partial charge on any atom is 0.416 e. The predicted octanol–water partition coefficient (Wildman–Crippen LogP) is 3.96. The fraction of sp³-hybridized carbons (Fsp3) is 0.0588. The van der Waals surface area contributed by atoms with E-state index in [-0.39, 0.29) is 28.4 Å². The van der Waals surface area contributed by atoms with Crippen LogP contribution in [-0.2, 0) is 15.7 Å². The third kappa shape index (κ3) is 3.46. The highest BCUT2D eigenvalue weighted by Gasteiger charge is 2.32. The number of carbonyl (C=O) groups is 1. The molecule has 3 rings (SSSR count). The van der Waals surface area contributed by atoms with Crippen molar-refractivity contribution >= 4 is 23.6 Å². The van der Waals surface area contributed by atoms with E-state index in [0.29, 0.717) is 0 Å². The second kappa shape index (κ2) is 6.43. The first kappa shape index (κ1) is 17.3. The molecular formula is C17H9F3N2O4. The van der Waals surface area contributed by atoms with Crippen molar-refractivity contribution in [1.82, 2.24) is 0 Å². The highest BCUT2D eigenvalue weighted by atomic mass is 19.4. The quantitative estimate of drug-likeness (QED) is 0.358. The second-order valence-corrected chi connectivity index (χ2v) is 5.23. The first-order valence-electron chi connectivity index (χ1n) is 7.19. The Hall–Kier alpha value is -3.49. The summed E-state index contributed by atoms with van der Waals surface area (Å²) in [5.41, 5.74) is -1.30. The fourth-order valence-electron chi connectivity index (χ4n) is 2.28. The highest BCUT2D eigenvalue weighted by Crippen LogP contribution is 2.30. The fourth-order valence-corrected chi connectivity index (χ4v) is 2.28. The Morgan fingerprint density at radius 3 is 2.54 bits per heavy atom. The minimum absolute atomic E-state index is 0.0286. The van der Waals surface area contributed by atoms with Gasteiger partial charge in [0.1, 0.15) is 0 Å². The van der Waals surface area contributed by atoms with Crippen molar-refractivity contribution in [3.05, 3.63) is 81.0 Å². The molecule has 6 nitrogen and oxygen atoms in total. The van der Waals surface area contributed by atoms with E-state index < -0.39 is 22.6 Å². The van der Waals surface area contributed by atoms with Crippen LogP contribution in [-0.4, -0.2) is 16.8 Å². The van der Waals surface area contributed by atoms with E-state index in [1.807, 2.05) is 0 Å². The molecule has 26 heavy (non-hydrogen) atoms. The number of alkyl halides is 3. The normalized spacial score (nSPS) is 15.7. The molecule has 1 aliphatic rings. The standard InChI is InChI=1S/C17H9F3N2O4/c18-17(19,20)12-6-3-5-11(8-12)15-21-13(16(23)26-15)9-10-4-1-2-7-14(10)22(24)25/h1-9H. The van der Waals surface area contributed by atoms with E-state index in [1.165, 1.54) is 30.3 Å². The van der Waals surface area contributed by atoms with Crippen LogP contribution < -0.4 is 0 Å². The Kier molecular flexibility index (Phi) is 4.29. The van der Waals surface area contributed by atoms with E-state index >= 15 is 0 Å². The van der Waals surface area contributed by atoms with Crippen molar-refractivity contribution in [2.75, 3.05) is 0 Å². The molecule has 0 spiro atoms. The molecule has 2 aromatic rings. The van der Waals surface area contributed by atoms with Crippen LogP contribution in [0.4, 0.5) is 18.9 Å². The van der Waals surface area contributed by atoms with Gasteiger partial charge in [0.05, 0.1) is 16.1 Å². The molecule has 132 valence electrons. The van der Waals surface area contributed by atoms with Gasteiger partial charge >= 0.3 is 12.1 Å². The van der Waals surface area contributed by atoms with Crippen LogP contribution in [0.1, 0.15) is 16.7 Å². The summed E-state index contributed by atoms with van der Waals surface area (Å²) in [6.07, 6.45) is -3.40. The topological polar surface area (TPSA) is 81.8 Å². The third-order valence-electron chi connectivity index (χ3n) is 3.48. The maximum absolute atomic E-state index is 12.8. The molecule has 0 atom stereocenters. The van der Waals surface area contributed by atoms with Crippen LogP contribution in [0.15, 0.2) is 59.2 Å². The summed E-state index contributed by atoms with van der Waals surface area (Å²) in [5.74, 6) is -1.21. The summed E-state index contributed by atoms with van der Waals surface area (Å²) in [6, 6.07) is 9.83. The van der Waals surface area contributed by atoms with Crippen molar-refractivity contribution in [2.24, 2.45) is 4.99 Å². The lowest BCUT2D eigenvalue weighted by Gasteiger charge is -2.07. The highest BCUT2D eigenvalue weighted by molar-refractivity contribution is 6.13. The van der Waals surface area contributed by atoms with E-state index in [4.69, 9.17) is 4.74 Å². The van der Waals surface area contributed by atoms with Crippen molar-refractivity contribution < 1.29 is 27.6 Å². The van der Waals surface area contributed by atoms with Crippen molar-refractivity contribution in [2.45, 2.75) is 6.18 Å². The number of esters is 1. The summed E-state index contributed by atoms with van der Waals surface area (Å²) in [6.45, 7) is 0. The van der Waals surface area contributed by atoms with E-state index in [2.05, 4.69) is 4.99 Å². The Labute approximate surface area is 144 Å². The number of para-hydroxylation sites is 1. The average molecular weight is 362 g/mol. The average Bonchev–Trinajstić information content (AvgIpc) is 2.95. The molecule has 0 fully saturated rings. The lowest BCUT2D eigenvalue weighted by Crippen LogP contribution is -2.09. The van der Waals surface area contributed by atoms with Gasteiger partial charge in [0.2, 0.25) is 5.90 Å². The van der Waals surface area contributed by atoms with Gasteiger partial charge < -0.3 is 4.74 Å². The summed E-state index contributed by atoms with van der Waals surface area (Å²) < 4.78 is 43.3. The van der Waals surface area contributed by atoms with Crippen LogP contribution >= 0.6 is 0 Å². The Morgan fingerprint density at radius 2 is 1.85 bits per heavy atom. The zero-order chi connectivity index (χ0) is 18.9. The zero-order valence-corrected chi connectivity index (χ0v) is 12.9. The number of rotatable bonds is 3. The summed E-state index contributed by atoms with van der Waals surface area (Å²) in [5, 5.41) is 11.0. The molecule has 0 aromatic heterocycles. The molecule has 1 aliphatic heterocycles. The number of hydrogen-bond donors (Lipinski definition) is 0. The lowest BCUT2D eigenvalue weighted by atomic mass is 10.1. The molecule has 0 saturated carbocycles. The van der Waals surface area contributed by atoms with E-state index in [9.17, 15) is 28.1 Å². The number of cyclic esters (lactones) is 1. The number of hydrogen-bond acceptors (Lipinski definition) is 5. The monoisotopic (exact) mass is 362 g/mol. The van der Waals surface area contributed by atoms with Crippen LogP contribution in [0.2, 0.25) is 0 Å². The van der Waals surface area contributed by atoms with Crippen LogP contribution in [0.5, 0.6) is 0 Å². The van der Waals surface area contributed by atoms with Gasteiger partial charge in [-0.3, -0.25) is 10.1 Å². The number of benzene rings is 2. The first-order chi connectivity index (χ1) is 12.3. The molecule has 9 heteroatoms. The molecule has 0 amide bonds. The van der Waals surface area contributed by atoms with Crippen molar-refractivity contribution in [1.29, 1.82) is 0 Å². The van der Waals surface area contributed by atoms with Gasteiger partial charge in [-0.2, -0.15) is 13.2 Å². The summed E-state index contributed by atoms with van der Waals surface area (Å²) in [4.78, 5) is 26.2. The number of carbonyl (C=O) groups excluding carboxylic acids is 1. The third-order valence-corrected chi connectivity index (χ3v) is 3.48. The van der Waals surface area contributed by atoms with Gasteiger partial charge in [-0.25, -0.2) is 9.79 Å². The smallest absolute Gasteiger partial charge is 0.402 e. The molecule has 0 bridgehead atoms. The summed E-state index contributed by atoms with van der Waals surface area (Å²) >= 11 is 0. The van der Waals surface area contributed by atoms with Crippen LogP contribution in [0, 0.1) is 10.1 Å². The van der Waals surface area contributed by atoms with Gasteiger partial charge in [0, 0.05) is 11.6 Å². The maximum atomic E-state index is 12.8. The number of ether oxygens (including phenoxy) is 1. The van der Waals surface area contributed by atoms with Gasteiger partial charge in [0.15, 0.2) is 5.70 Å². The molecule has 0 radical (unpaired) electrons. The molecule has 0 saturated heterocycles. The minimum atomic E-state index is -4.55. The van der Waals surface area contributed by atoms with E-state index in [1.54, 1.807) is 0 Å². The largest absolute Gasteiger partial charge is 0.416 e. The first-order valence-corrected chi connectivity index (χ1v) is 7.19. The lowest BCUT2D eigenvalue weighted by molar-refractivity contribution is -0.385.